The molecule has 5 heteroatoms. The third kappa shape index (κ3) is 2.38. The van der Waals surface area contributed by atoms with Crippen molar-refractivity contribution in [2.24, 2.45) is 0 Å². The highest BCUT2D eigenvalue weighted by atomic mass is 16.7. The van der Waals surface area contributed by atoms with Crippen molar-refractivity contribution in [2.75, 3.05) is 26.9 Å². The molecule has 3 rings (SSSR count). The topological polar surface area (TPSA) is 50.8 Å². The lowest BCUT2D eigenvalue weighted by atomic mass is 10.0. The highest BCUT2D eigenvalue weighted by Crippen LogP contribution is 2.33. The predicted octanol–water partition coefficient (Wildman–Crippen LogP) is 1.24. The van der Waals surface area contributed by atoms with E-state index in [9.17, 15) is 4.79 Å². The number of carbonyl (C=O) groups is 1. The Morgan fingerprint density at radius 2 is 2.21 bits per heavy atom. The van der Waals surface area contributed by atoms with Gasteiger partial charge in [0.15, 0.2) is 11.5 Å². The van der Waals surface area contributed by atoms with Crippen LogP contribution in [-0.4, -0.2) is 43.8 Å². The van der Waals surface area contributed by atoms with Crippen molar-refractivity contribution in [1.29, 1.82) is 0 Å². The summed E-state index contributed by atoms with van der Waals surface area (Å²) in [6, 6.07) is 5.77. The minimum atomic E-state index is 0.0678. The molecule has 5 nitrogen and oxygen atoms in total. The van der Waals surface area contributed by atoms with E-state index in [-0.39, 0.29) is 12.7 Å². The van der Waals surface area contributed by atoms with Crippen LogP contribution < -0.4 is 14.8 Å². The van der Waals surface area contributed by atoms with Crippen molar-refractivity contribution in [3.63, 3.8) is 0 Å². The van der Waals surface area contributed by atoms with E-state index in [4.69, 9.17) is 9.47 Å². The molecule has 2 aliphatic rings. The lowest BCUT2D eigenvalue weighted by Gasteiger charge is -2.32. The largest absolute Gasteiger partial charge is 0.454 e. The zero-order valence-corrected chi connectivity index (χ0v) is 11.0. The molecule has 1 N–H and O–H groups in total. The number of amides is 1. The number of benzene rings is 1. The SMILES string of the molecule is CNC1CCCN(C(=O)c2ccc3c(c2)OCO3)C1. The van der Waals surface area contributed by atoms with Crippen LogP contribution >= 0.6 is 0 Å². The van der Waals surface area contributed by atoms with Crippen molar-refractivity contribution >= 4 is 5.91 Å². The number of fused-ring (bicyclic) bond motifs is 1. The van der Waals surface area contributed by atoms with E-state index < -0.39 is 0 Å². The maximum atomic E-state index is 12.5. The van der Waals surface area contributed by atoms with E-state index >= 15 is 0 Å². The van der Waals surface area contributed by atoms with Gasteiger partial charge >= 0.3 is 0 Å². The summed E-state index contributed by atoms with van der Waals surface area (Å²) in [6.45, 7) is 1.83. The van der Waals surface area contributed by atoms with E-state index in [0.717, 1.165) is 25.9 Å². The second kappa shape index (κ2) is 5.09. The molecule has 1 aromatic rings. The first-order chi connectivity index (χ1) is 9.28. The van der Waals surface area contributed by atoms with Gasteiger partial charge in [-0.1, -0.05) is 0 Å². The number of carbonyl (C=O) groups excluding carboxylic acids is 1. The Hall–Kier alpha value is -1.75. The van der Waals surface area contributed by atoms with Gasteiger partial charge in [0, 0.05) is 24.7 Å². The summed E-state index contributed by atoms with van der Waals surface area (Å²) in [7, 11) is 1.94. The summed E-state index contributed by atoms with van der Waals surface area (Å²) in [5.74, 6) is 1.44. The number of rotatable bonds is 2. The van der Waals surface area contributed by atoms with Crippen LogP contribution in [0.2, 0.25) is 0 Å². The highest BCUT2D eigenvalue weighted by molar-refractivity contribution is 5.95. The Balaban J connectivity index is 1.76. The third-order valence-corrected chi connectivity index (χ3v) is 3.74. The lowest BCUT2D eigenvalue weighted by molar-refractivity contribution is 0.0698. The Morgan fingerprint density at radius 1 is 1.37 bits per heavy atom. The van der Waals surface area contributed by atoms with E-state index in [0.29, 0.717) is 23.1 Å². The zero-order valence-electron chi connectivity index (χ0n) is 11.0. The Labute approximate surface area is 112 Å². The van der Waals surface area contributed by atoms with Crippen LogP contribution in [0.3, 0.4) is 0 Å². The molecule has 0 aliphatic carbocycles. The molecule has 2 aliphatic heterocycles. The molecular formula is C14H18N2O3. The van der Waals surface area contributed by atoms with Crippen LogP contribution in [0, 0.1) is 0 Å². The van der Waals surface area contributed by atoms with Gasteiger partial charge in [0.25, 0.3) is 5.91 Å². The van der Waals surface area contributed by atoms with Crippen molar-refractivity contribution in [2.45, 2.75) is 18.9 Å². The fraction of sp³-hybridized carbons (Fsp3) is 0.500. The summed E-state index contributed by atoms with van der Waals surface area (Å²) in [6.07, 6.45) is 2.17. The normalized spacial score (nSPS) is 21.5. The molecule has 1 unspecified atom stereocenters. The molecule has 102 valence electrons. The maximum Gasteiger partial charge on any atom is 0.254 e. The quantitative estimate of drug-likeness (QED) is 0.871. The number of hydrogen-bond acceptors (Lipinski definition) is 4. The number of likely N-dealkylation sites (N-methyl/N-ethyl adjacent to an activating group) is 1. The second-order valence-electron chi connectivity index (χ2n) is 4.95. The number of nitrogens with zero attached hydrogens (tertiary/aromatic N) is 1. The molecule has 0 aromatic heterocycles. The van der Waals surface area contributed by atoms with Gasteiger partial charge in [-0.3, -0.25) is 4.79 Å². The average molecular weight is 262 g/mol. The van der Waals surface area contributed by atoms with E-state index in [2.05, 4.69) is 5.32 Å². The first kappa shape index (κ1) is 12.3. The van der Waals surface area contributed by atoms with Crippen LogP contribution in [0.15, 0.2) is 18.2 Å². The molecule has 0 saturated carbocycles. The van der Waals surface area contributed by atoms with E-state index in [1.165, 1.54) is 0 Å². The second-order valence-corrected chi connectivity index (χ2v) is 4.95. The molecule has 1 aromatic carbocycles. The molecule has 1 amide bonds. The average Bonchev–Trinajstić information content (AvgIpc) is 2.94. The van der Waals surface area contributed by atoms with Gasteiger partial charge in [0.1, 0.15) is 0 Å². The Kier molecular flexibility index (Phi) is 3.29. The fourth-order valence-corrected chi connectivity index (χ4v) is 2.61. The summed E-state index contributed by atoms with van der Waals surface area (Å²) in [5, 5.41) is 3.24. The van der Waals surface area contributed by atoms with Crippen LogP contribution in [0.1, 0.15) is 23.2 Å². The molecule has 0 bridgehead atoms. The van der Waals surface area contributed by atoms with E-state index in [1.807, 2.05) is 11.9 Å². The smallest absolute Gasteiger partial charge is 0.254 e. The highest BCUT2D eigenvalue weighted by Gasteiger charge is 2.25. The summed E-state index contributed by atoms with van der Waals surface area (Å²) < 4.78 is 10.6. The van der Waals surface area contributed by atoms with Gasteiger partial charge in [-0.25, -0.2) is 0 Å². The molecule has 1 saturated heterocycles. The number of ether oxygens (including phenoxy) is 2. The predicted molar refractivity (Wildman–Crippen MR) is 70.6 cm³/mol. The molecular weight excluding hydrogens is 244 g/mol. The first-order valence-electron chi connectivity index (χ1n) is 6.64. The fourth-order valence-electron chi connectivity index (χ4n) is 2.61. The Morgan fingerprint density at radius 3 is 3.05 bits per heavy atom. The first-order valence-corrected chi connectivity index (χ1v) is 6.64. The number of likely N-dealkylation sites (tertiary alicyclic amines) is 1. The molecule has 0 spiro atoms. The van der Waals surface area contributed by atoms with Gasteiger partial charge in [-0.05, 0) is 38.1 Å². The summed E-state index contributed by atoms with van der Waals surface area (Å²) in [5.41, 5.74) is 0.668. The van der Waals surface area contributed by atoms with Crippen LogP contribution in [-0.2, 0) is 0 Å². The molecule has 2 heterocycles. The molecule has 0 radical (unpaired) electrons. The van der Waals surface area contributed by atoms with Crippen LogP contribution in [0.5, 0.6) is 11.5 Å². The summed E-state index contributed by atoms with van der Waals surface area (Å²) in [4.78, 5) is 14.4. The standard InChI is InChI=1S/C14H18N2O3/c1-15-11-3-2-6-16(8-11)14(17)10-4-5-12-13(7-10)19-9-18-12/h4-5,7,11,15H,2-3,6,8-9H2,1H3. The number of piperidine rings is 1. The molecule has 1 atom stereocenters. The van der Waals surface area contributed by atoms with Gasteiger partial charge in [-0.2, -0.15) is 0 Å². The van der Waals surface area contributed by atoms with Gasteiger partial charge in [-0.15, -0.1) is 0 Å². The molecule has 19 heavy (non-hydrogen) atoms. The van der Waals surface area contributed by atoms with Gasteiger partial charge in [0.2, 0.25) is 6.79 Å². The van der Waals surface area contributed by atoms with Gasteiger partial charge < -0.3 is 19.7 Å². The van der Waals surface area contributed by atoms with Crippen molar-refractivity contribution in [3.8, 4) is 11.5 Å². The van der Waals surface area contributed by atoms with Crippen molar-refractivity contribution in [1.82, 2.24) is 10.2 Å². The van der Waals surface area contributed by atoms with E-state index in [1.54, 1.807) is 18.2 Å². The minimum Gasteiger partial charge on any atom is -0.454 e. The summed E-state index contributed by atoms with van der Waals surface area (Å²) >= 11 is 0. The van der Waals surface area contributed by atoms with Gasteiger partial charge in [0.05, 0.1) is 0 Å². The number of nitrogens with one attached hydrogen (secondary N) is 1. The monoisotopic (exact) mass is 262 g/mol. The van der Waals surface area contributed by atoms with Crippen LogP contribution in [0.25, 0.3) is 0 Å². The number of hydrogen-bond donors (Lipinski definition) is 1. The van der Waals surface area contributed by atoms with Crippen LogP contribution in [0.4, 0.5) is 0 Å². The minimum absolute atomic E-state index is 0.0678. The lowest BCUT2D eigenvalue weighted by Crippen LogP contribution is -2.46. The maximum absolute atomic E-state index is 12.5. The van der Waals surface area contributed by atoms with Crippen molar-refractivity contribution in [3.05, 3.63) is 23.8 Å². The zero-order chi connectivity index (χ0) is 13.2. The third-order valence-electron chi connectivity index (χ3n) is 3.74. The van der Waals surface area contributed by atoms with Crippen molar-refractivity contribution < 1.29 is 14.3 Å². The molecule has 1 fully saturated rings. The Bertz CT molecular complexity index is 490.